The Balaban J connectivity index is 2.35. The molecule has 0 atom stereocenters. The second-order valence-electron chi connectivity index (χ2n) is 2.50. The Hall–Kier alpha value is -1.95. The summed E-state index contributed by atoms with van der Waals surface area (Å²) in [6.07, 6.45) is 3.80. The van der Waals surface area contributed by atoms with E-state index in [4.69, 9.17) is 13.0 Å². The monoisotopic (exact) mass is 194 g/mol. The van der Waals surface area contributed by atoms with E-state index in [1.165, 1.54) is 29.3 Å². The molecule has 0 saturated heterocycles. The maximum Gasteiger partial charge on any atom is 0.250 e. The molecule has 2 N–H and O–H groups in total. The largest absolute Gasteiger partial charge is 0.505 e. The van der Waals surface area contributed by atoms with E-state index < -0.39 is 6.56 Å². The zero-order valence-electron chi connectivity index (χ0n) is 8.99. The summed E-state index contributed by atoms with van der Waals surface area (Å²) < 4.78 is 15.3. The van der Waals surface area contributed by atoms with Gasteiger partial charge in [0, 0.05) is 6.20 Å². The summed E-state index contributed by atoms with van der Waals surface area (Å²) >= 11 is 0. The fraction of sp³-hybridized carbons (Fsp3) is 0.125. The van der Waals surface area contributed by atoms with E-state index in [0.29, 0.717) is 0 Å². The van der Waals surface area contributed by atoms with E-state index >= 15 is 0 Å². The lowest BCUT2D eigenvalue weighted by atomic mass is 10.5. The number of aliphatic hydroxyl groups is 1. The number of hydrogen-bond donors (Lipinski definition) is 2. The summed E-state index contributed by atoms with van der Waals surface area (Å²) in [6.45, 7) is -2.50. The summed E-state index contributed by atoms with van der Waals surface area (Å²) in [7, 11) is 0. The Morgan fingerprint density at radius 1 is 1.43 bits per heavy atom. The van der Waals surface area contributed by atoms with Crippen LogP contribution in [0.3, 0.4) is 0 Å². The van der Waals surface area contributed by atoms with Crippen LogP contribution in [-0.4, -0.2) is 30.0 Å². The van der Waals surface area contributed by atoms with Crippen molar-refractivity contribution in [1.29, 1.82) is 0 Å². The molecule has 0 aliphatic carbocycles. The molecule has 0 aromatic carbocycles. The smallest absolute Gasteiger partial charge is 0.250 e. The van der Waals surface area contributed by atoms with Crippen LogP contribution >= 0.6 is 0 Å². The first-order valence-electron chi connectivity index (χ1n) is 4.77. The third-order valence-electron chi connectivity index (χ3n) is 1.53. The predicted octanol–water partition coefficient (Wildman–Crippen LogP) is -0.140. The molecular weight excluding hydrogens is 184 g/mol. The van der Waals surface area contributed by atoms with Gasteiger partial charge in [0.2, 0.25) is 0 Å². The van der Waals surface area contributed by atoms with Crippen LogP contribution < -0.4 is 0 Å². The number of rotatable bonds is 2. The summed E-state index contributed by atoms with van der Waals surface area (Å²) in [4.78, 5) is 7.56. The maximum absolute atomic E-state index is 9.07. The normalized spacial score (nSPS) is 13.5. The van der Waals surface area contributed by atoms with Crippen molar-refractivity contribution in [3.05, 3.63) is 30.4 Å². The lowest BCUT2D eigenvalue weighted by Gasteiger charge is -1.97. The average molecular weight is 194 g/mol. The van der Waals surface area contributed by atoms with E-state index in [1.807, 2.05) is 0 Å². The lowest BCUT2D eigenvalue weighted by molar-refractivity contribution is 0.276. The van der Waals surface area contributed by atoms with Gasteiger partial charge in [-0.3, -0.25) is 0 Å². The van der Waals surface area contributed by atoms with E-state index in [1.54, 1.807) is 0 Å². The van der Waals surface area contributed by atoms with Crippen molar-refractivity contribution in [2.45, 2.75) is 6.56 Å². The zero-order chi connectivity index (χ0) is 11.8. The highest BCUT2D eigenvalue weighted by Crippen LogP contribution is 2.05. The Morgan fingerprint density at radius 2 is 2.14 bits per heavy atom. The van der Waals surface area contributed by atoms with Crippen LogP contribution in [0.1, 0.15) is 8.44 Å². The molecule has 0 bridgehead atoms. The van der Waals surface area contributed by atoms with Gasteiger partial charge in [-0.1, -0.05) is 0 Å². The SMILES string of the molecule is [2H]C([2H])(O)c1ccn(-c2ncc(O)cn2)n1. The third kappa shape index (κ3) is 1.55. The van der Waals surface area contributed by atoms with Gasteiger partial charge in [0.25, 0.3) is 5.95 Å². The minimum atomic E-state index is -2.50. The molecule has 2 heterocycles. The molecule has 0 radical (unpaired) electrons. The maximum atomic E-state index is 9.07. The summed E-state index contributed by atoms with van der Waals surface area (Å²) in [6, 6.07) is 1.32. The van der Waals surface area contributed by atoms with Crippen molar-refractivity contribution in [3.63, 3.8) is 0 Å². The Bertz CT molecular complexity index is 491. The molecule has 2 aromatic rings. The highest BCUT2D eigenvalue weighted by atomic mass is 16.3. The predicted molar refractivity (Wildman–Crippen MR) is 46.7 cm³/mol. The van der Waals surface area contributed by atoms with Gasteiger partial charge < -0.3 is 10.2 Å². The molecule has 72 valence electrons. The fourth-order valence-electron chi connectivity index (χ4n) is 0.928. The molecular formula is C8H8N4O2. The highest BCUT2D eigenvalue weighted by Gasteiger charge is 2.02. The number of nitrogens with zero attached hydrogens (tertiary/aromatic N) is 4. The number of aromatic nitrogens is 4. The summed E-state index contributed by atoms with van der Waals surface area (Å²) in [5.41, 5.74) is -0.135. The van der Waals surface area contributed by atoms with Crippen LogP contribution in [0.5, 0.6) is 5.75 Å². The number of hydrogen-bond acceptors (Lipinski definition) is 5. The van der Waals surface area contributed by atoms with Crippen molar-refractivity contribution in [2.75, 3.05) is 0 Å². The molecule has 0 unspecified atom stereocenters. The molecule has 0 aliphatic heterocycles. The Labute approximate surface area is 82.3 Å². The molecule has 6 heteroatoms. The second-order valence-corrected chi connectivity index (χ2v) is 2.50. The standard InChI is InChI=1S/C8H8N4O2/c13-5-6-1-2-12(11-6)8-9-3-7(14)4-10-8/h1-4,13-14H,5H2/i5D2. The van der Waals surface area contributed by atoms with Gasteiger partial charge >= 0.3 is 0 Å². The molecule has 6 nitrogen and oxygen atoms in total. The topological polar surface area (TPSA) is 84.1 Å². The van der Waals surface area contributed by atoms with E-state index in [9.17, 15) is 0 Å². The molecule has 14 heavy (non-hydrogen) atoms. The van der Waals surface area contributed by atoms with Crippen LogP contribution in [0, 0.1) is 0 Å². The van der Waals surface area contributed by atoms with Crippen molar-refractivity contribution < 1.29 is 13.0 Å². The lowest BCUT2D eigenvalue weighted by Crippen LogP contribution is -2.01. The fourth-order valence-corrected chi connectivity index (χ4v) is 0.928. The molecule has 0 spiro atoms. The van der Waals surface area contributed by atoms with Crippen molar-refractivity contribution in [2.24, 2.45) is 0 Å². The van der Waals surface area contributed by atoms with Crippen LogP contribution in [0.4, 0.5) is 0 Å². The number of aromatic hydroxyl groups is 1. The highest BCUT2D eigenvalue weighted by molar-refractivity contribution is 5.17. The van der Waals surface area contributed by atoms with Crippen LogP contribution in [0.15, 0.2) is 24.7 Å². The Kier molecular flexibility index (Phi) is 1.59. The quantitative estimate of drug-likeness (QED) is 0.695. The first-order chi connectivity index (χ1) is 7.47. The van der Waals surface area contributed by atoms with Gasteiger partial charge in [-0.25, -0.2) is 14.6 Å². The minimum absolute atomic E-state index is 0.0754. The van der Waals surface area contributed by atoms with Crippen molar-refractivity contribution in [3.8, 4) is 11.7 Å². The molecule has 2 aromatic heterocycles. The van der Waals surface area contributed by atoms with Gasteiger partial charge in [-0.15, -0.1) is 0 Å². The Morgan fingerprint density at radius 3 is 2.71 bits per heavy atom. The minimum Gasteiger partial charge on any atom is -0.505 e. The van der Waals surface area contributed by atoms with Gasteiger partial charge in [-0.05, 0) is 6.07 Å². The first kappa shape index (κ1) is 6.50. The summed E-state index contributed by atoms with van der Waals surface area (Å²) in [5, 5.41) is 21.8. The van der Waals surface area contributed by atoms with E-state index in [-0.39, 0.29) is 17.4 Å². The van der Waals surface area contributed by atoms with Gasteiger partial charge in [0.1, 0.15) is 0 Å². The first-order valence-corrected chi connectivity index (χ1v) is 3.77. The van der Waals surface area contributed by atoms with Crippen LogP contribution in [-0.2, 0) is 6.56 Å². The van der Waals surface area contributed by atoms with E-state index in [2.05, 4.69) is 15.1 Å². The van der Waals surface area contributed by atoms with Crippen LogP contribution in [0.2, 0.25) is 0 Å². The van der Waals surface area contributed by atoms with Gasteiger partial charge in [0.15, 0.2) is 5.75 Å². The van der Waals surface area contributed by atoms with Gasteiger partial charge in [0.05, 0.1) is 27.4 Å². The average Bonchev–Trinajstić information content (AvgIpc) is 2.67. The van der Waals surface area contributed by atoms with Crippen molar-refractivity contribution in [1.82, 2.24) is 19.7 Å². The molecule has 0 amide bonds. The zero-order valence-corrected chi connectivity index (χ0v) is 6.99. The second kappa shape index (κ2) is 3.43. The third-order valence-corrected chi connectivity index (χ3v) is 1.53. The van der Waals surface area contributed by atoms with Gasteiger partial charge in [-0.2, -0.15) is 5.10 Å². The van der Waals surface area contributed by atoms with E-state index in [0.717, 1.165) is 0 Å². The molecule has 2 rings (SSSR count). The van der Waals surface area contributed by atoms with Crippen molar-refractivity contribution >= 4 is 0 Å². The molecule has 0 aliphatic rings. The summed E-state index contributed by atoms with van der Waals surface area (Å²) in [5.74, 6) is 0.0990. The molecule has 0 fully saturated rings. The van der Waals surface area contributed by atoms with Crippen LogP contribution in [0.25, 0.3) is 5.95 Å². The molecule has 0 saturated carbocycles.